The van der Waals surface area contributed by atoms with E-state index in [1.54, 1.807) is 0 Å². The van der Waals surface area contributed by atoms with E-state index in [9.17, 15) is 0 Å². The molecule has 4 heteroatoms. The maximum atomic E-state index is 6.68. The topological polar surface area (TPSA) is 19.6 Å². The minimum Gasteiger partial charge on any atom is -0.456 e. The number of benzene rings is 6. The Labute approximate surface area is 395 Å². The fourth-order valence-corrected chi connectivity index (χ4v) is 13.6. The summed E-state index contributed by atoms with van der Waals surface area (Å²) in [5, 5.41) is 2.33. The van der Waals surface area contributed by atoms with E-state index in [1.165, 1.54) is 128 Å². The van der Waals surface area contributed by atoms with Gasteiger partial charge in [-0.25, -0.2) is 0 Å². The highest BCUT2D eigenvalue weighted by molar-refractivity contribution is 7.00. The highest BCUT2D eigenvalue weighted by atomic mass is 16.3. The van der Waals surface area contributed by atoms with Crippen LogP contribution in [0.25, 0.3) is 21.9 Å². The summed E-state index contributed by atoms with van der Waals surface area (Å²) in [5.41, 5.74) is 25.9. The molecule has 0 amide bonds. The van der Waals surface area contributed by atoms with Gasteiger partial charge >= 0.3 is 0 Å². The molecule has 1 aromatic heterocycles. The maximum absolute atomic E-state index is 6.68. The normalized spacial score (nSPS) is 20.8. The second kappa shape index (κ2) is 13.3. The van der Waals surface area contributed by atoms with Crippen LogP contribution in [0.15, 0.2) is 95.4 Å². The first kappa shape index (κ1) is 42.2. The second-order valence-corrected chi connectivity index (χ2v) is 25.5. The molecule has 0 fully saturated rings. The molecule has 0 saturated heterocycles. The van der Waals surface area contributed by atoms with Crippen LogP contribution in [0.2, 0.25) is 0 Å². The zero-order valence-corrected chi connectivity index (χ0v) is 42.3. The molecular formula is C62H69BN2O. The molecular weight excluding hydrogens is 800 g/mol. The molecule has 0 N–H and O–H groups in total. The van der Waals surface area contributed by atoms with Gasteiger partial charge in [0, 0.05) is 51.0 Å². The predicted molar refractivity (Wildman–Crippen MR) is 283 cm³/mol. The molecule has 0 saturated carbocycles. The molecule has 3 heterocycles. The van der Waals surface area contributed by atoms with Gasteiger partial charge in [-0.1, -0.05) is 119 Å². The molecule has 12 rings (SSSR count). The third-order valence-corrected chi connectivity index (χ3v) is 18.2. The van der Waals surface area contributed by atoms with Gasteiger partial charge in [0.05, 0.1) is 0 Å². The Morgan fingerprint density at radius 2 is 0.833 bits per heavy atom. The molecule has 0 unspecified atom stereocenters. The summed E-state index contributed by atoms with van der Waals surface area (Å²) in [5.74, 6) is 0. The van der Waals surface area contributed by atoms with Crippen LogP contribution in [0, 0.1) is 13.8 Å². The zero-order valence-electron chi connectivity index (χ0n) is 42.3. The molecule has 0 atom stereocenters. The number of nitrogens with zero attached hydrogens (tertiary/aromatic N) is 2. The molecule has 6 aromatic carbocycles. The molecule has 3 aliphatic carbocycles. The molecule has 0 radical (unpaired) electrons. The highest BCUT2D eigenvalue weighted by Crippen LogP contribution is 2.55. The lowest BCUT2D eigenvalue weighted by Gasteiger charge is -2.49. The quantitative estimate of drug-likeness (QED) is 0.161. The summed E-state index contributed by atoms with van der Waals surface area (Å²) >= 11 is 0. The summed E-state index contributed by atoms with van der Waals surface area (Å²) < 4.78 is 6.68. The fraction of sp³-hybridized carbons (Fsp3) is 0.419. The van der Waals surface area contributed by atoms with Gasteiger partial charge in [0.1, 0.15) is 11.2 Å². The van der Waals surface area contributed by atoms with Crippen LogP contribution in [-0.4, -0.2) is 6.71 Å². The lowest BCUT2D eigenvalue weighted by molar-refractivity contribution is 0.331. The van der Waals surface area contributed by atoms with Gasteiger partial charge in [0.15, 0.2) is 0 Å². The average Bonchev–Trinajstić information content (AvgIpc) is 3.63. The SMILES string of the molecule is Cc1cc2c3c(c1)N(c1cc4c(cc1C)C(C)(C)CCC4(C)C)c1cc4c(cc1B3c1cc3c(cc1N2c1ccc2c(c1)oc1ccccc12)C(C)(C)CCC3(C)C)C(C)(C)CCC4(C)C. The summed E-state index contributed by atoms with van der Waals surface area (Å²) in [6, 6.07) is 36.4. The number of para-hydroxylation sites is 1. The Morgan fingerprint density at radius 1 is 0.409 bits per heavy atom. The van der Waals surface area contributed by atoms with Crippen molar-refractivity contribution in [1.82, 2.24) is 0 Å². The highest BCUT2D eigenvalue weighted by Gasteiger charge is 2.49. The summed E-state index contributed by atoms with van der Waals surface area (Å²) in [4.78, 5) is 5.36. The van der Waals surface area contributed by atoms with Gasteiger partial charge in [-0.05, 0) is 194 Å². The van der Waals surface area contributed by atoms with Crippen LogP contribution in [0.3, 0.4) is 0 Å². The Morgan fingerprint density at radius 3 is 1.36 bits per heavy atom. The first-order chi connectivity index (χ1) is 31.0. The van der Waals surface area contributed by atoms with E-state index in [2.05, 4.69) is 198 Å². The minimum atomic E-state index is 0.0496. The molecule has 3 nitrogen and oxygen atoms in total. The van der Waals surface area contributed by atoms with E-state index >= 15 is 0 Å². The molecule has 0 bridgehead atoms. The molecule has 66 heavy (non-hydrogen) atoms. The summed E-state index contributed by atoms with van der Waals surface area (Å²) in [6.07, 6.45) is 7.10. The van der Waals surface area contributed by atoms with Crippen LogP contribution in [-0.2, 0) is 32.5 Å². The van der Waals surface area contributed by atoms with Gasteiger partial charge in [0.2, 0.25) is 0 Å². The molecule has 7 aromatic rings. The van der Waals surface area contributed by atoms with Crippen molar-refractivity contribution < 1.29 is 4.42 Å². The minimum absolute atomic E-state index is 0.0496. The van der Waals surface area contributed by atoms with Crippen molar-refractivity contribution in [3.05, 3.63) is 136 Å². The van der Waals surface area contributed by atoms with Gasteiger partial charge < -0.3 is 14.2 Å². The van der Waals surface area contributed by atoms with E-state index < -0.39 is 0 Å². The van der Waals surface area contributed by atoms with Crippen molar-refractivity contribution >= 4 is 79.2 Å². The standard InChI is InChI=1S/C62H69BN2O/c1-36-27-52-56-53(28-36)65(49-33-44-41(29-37(49)2)57(3,4)21-24-60(44,9)10)51-35-46-43(59(7,8)23-26-62(46,13)14)32-48(51)63(56)47-31-42-45(61(11,12)25-22-58(42,5)6)34-50(47)64(52)38-19-20-40-39-17-15-16-18-54(39)66-55(40)30-38/h15-20,27-35H,21-26H2,1-14H3. The van der Waals surface area contributed by atoms with Crippen molar-refractivity contribution in [2.75, 3.05) is 9.80 Å². The van der Waals surface area contributed by atoms with Crippen LogP contribution in [0.5, 0.6) is 0 Å². The van der Waals surface area contributed by atoms with E-state index in [-0.39, 0.29) is 39.2 Å². The van der Waals surface area contributed by atoms with Gasteiger partial charge in [0.25, 0.3) is 6.71 Å². The maximum Gasteiger partial charge on any atom is 0.252 e. The van der Waals surface area contributed by atoms with Crippen molar-refractivity contribution in [2.45, 2.75) is 168 Å². The second-order valence-electron chi connectivity index (χ2n) is 25.5. The number of hydrogen-bond donors (Lipinski definition) is 0. The van der Waals surface area contributed by atoms with E-state index in [1.807, 2.05) is 0 Å². The third kappa shape index (κ3) is 5.81. The van der Waals surface area contributed by atoms with Gasteiger partial charge in [-0.2, -0.15) is 0 Å². The average molecular weight is 869 g/mol. The van der Waals surface area contributed by atoms with Crippen LogP contribution in [0.1, 0.15) is 166 Å². The number of furan rings is 1. The van der Waals surface area contributed by atoms with Crippen molar-refractivity contribution in [1.29, 1.82) is 0 Å². The fourth-order valence-electron chi connectivity index (χ4n) is 13.6. The van der Waals surface area contributed by atoms with E-state index in [0.29, 0.717) is 0 Å². The molecule has 2 aliphatic heterocycles. The van der Waals surface area contributed by atoms with Gasteiger partial charge in [-0.3, -0.25) is 0 Å². The number of aryl methyl sites for hydroxylation is 2. The molecule has 5 aliphatic rings. The smallest absolute Gasteiger partial charge is 0.252 e. The molecule has 0 spiro atoms. The third-order valence-electron chi connectivity index (χ3n) is 18.2. The van der Waals surface area contributed by atoms with Gasteiger partial charge in [-0.15, -0.1) is 0 Å². The van der Waals surface area contributed by atoms with E-state index in [0.717, 1.165) is 27.6 Å². The Hall–Kier alpha value is -5.22. The van der Waals surface area contributed by atoms with Crippen molar-refractivity contribution in [3.63, 3.8) is 0 Å². The Balaban J connectivity index is 1.22. The summed E-state index contributed by atoms with van der Waals surface area (Å²) in [7, 11) is 0. The first-order valence-electron chi connectivity index (χ1n) is 25.2. The predicted octanol–water partition coefficient (Wildman–Crippen LogP) is 15.3. The summed E-state index contributed by atoms with van der Waals surface area (Å²) in [6.45, 7) is 34.6. The monoisotopic (exact) mass is 869 g/mol. The molecule has 336 valence electrons. The number of fused-ring (bicyclic) bond motifs is 10. The Bertz CT molecular complexity index is 3260. The van der Waals surface area contributed by atoms with Crippen LogP contribution < -0.4 is 26.2 Å². The largest absolute Gasteiger partial charge is 0.456 e. The lowest BCUT2D eigenvalue weighted by atomic mass is 9.32. The van der Waals surface area contributed by atoms with Crippen LogP contribution in [0.4, 0.5) is 34.1 Å². The van der Waals surface area contributed by atoms with Crippen LogP contribution >= 0.6 is 0 Å². The Kier molecular flexibility index (Phi) is 8.48. The van der Waals surface area contributed by atoms with Crippen molar-refractivity contribution in [2.24, 2.45) is 0 Å². The number of hydrogen-bond acceptors (Lipinski definition) is 3. The van der Waals surface area contributed by atoms with Crippen molar-refractivity contribution in [3.8, 4) is 0 Å². The zero-order chi connectivity index (χ0) is 46.4. The van der Waals surface area contributed by atoms with E-state index in [4.69, 9.17) is 4.42 Å². The number of anilines is 6. The lowest BCUT2D eigenvalue weighted by Crippen LogP contribution is -2.62. The first-order valence-corrected chi connectivity index (χ1v) is 25.2. The number of rotatable bonds is 2.